The minimum atomic E-state index is -2.02. The van der Waals surface area contributed by atoms with Crippen molar-refractivity contribution in [2.75, 3.05) is 0 Å². The Labute approximate surface area is 206 Å². The van der Waals surface area contributed by atoms with E-state index in [0.29, 0.717) is 24.8 Å². The highest BCUT2D eigenvalue weighted by Gasteiger charge is 2.45. The summed E-state index contributed by atoms with van der Waals surface area (Å²) in [4.78, 5) is 49.3. The Morgan fingerprint density at radius 3 is 2.14 bits per heavy atom. The van der Waals surface area contributed by atoms with Gasteiger partial charge in [-0.25, -0.2) is 4.79 Å². The van der Waals surface area contributed by atoms with Crippen LogP contribution in [0.4, 0.5) is 0 Å². The zero-order valence-corrected chi connectivity index (χ0v) is 21.1. The van der Waals surface area contributed by atoms with E-state index in [9.17, 15) is 24.3 Å². The molecule has 2 atom stereocenters. The van der Waals surface area contributed by atoms with Gasteiger partial charge < -0.3 is 19.3 Å². The van der Waals surface area contributed by atoms with E-state index in [2.05, 4.69) is 5.32 Å². The van der Waals surface area contributed by atoms with Crippen molar-refractivity contribution in [2.24, 2.45) is 5.92 Å². The molecule has 0 heterocycles. The van der Waals surface area contributed by atoms with Crippen molar-refractivity contribution in [3.05, 3.63) is 23.8 Å². The number of benzene rings is 1. The van der Waals surface area contributed by atoms with Gasteiger partial charge in [0.2, 0.25) is 0 Å². The van der Waals surface area contributed by atoms with Crippen molar-refractivity contribution >= 4 is 23.9 Å². The molecule has 35 heavy (non-hydrogen) atoms. The number of hydrogen-bond acceptors (Lipinski definition) is 8. The maximum atomic E-state index is 13.0. The van der Waals surface area contributed by atoms with Gasteiger partial charge in [-0.3, -0.25) is 19.7 Å². The second-order valence-electron chi connectivity index (χ2n) is 8.95. The quantitative estimate of drug-likeness (QED) is 0.252. The Morgan fingerprint density at radius 1 is 1.00 bits per heavy atom. The number of carbonyl (C=O) groups excluding carboxylic acids is 3. The molecule has 9 nitrogen and oxygen atoms in total. The molecule has 1 saturated carbocycles. The van der Waals surface area contributed by atoms with E-state index in [0.717, 1.165) is 19.3 Å². The lowest BCUT2D eigenvalue weighted by Gasteiger charge is -2.35. The number of carboxylic acid groups (broad SMARTS) is 1. The van der Waals surface area contributed by atoms with Crippen molar-refractivity contribution in [3.63, 3.8) is 0 Å². The molecule has 2 N–H and O–H groups in total. The number of rotatable bonds is 12. The number of aliphatic carboxylic acids is 1. The van der Waals surface area contributed by atoms with Crippen molar-refractivity contribution in [3.8, 4) is 11.5 Å². The van der Waals surface area contributed by atoms with E-state index in [1.54, 1.807) is 19.9 Å². The Balaban J connectivity index is 2.42. The second-order valence-corrected chi connectivity index (χ2v) is 8.95. The predicted octanol–water partition coefficient (Wildman–Crippen LogP) is 4.15. The molecule has 0 saturated heterocycles. The predicted molar refractivity (Wildman–Crippen MR) is 128 cm³/mol. The fourth-order valence-corrected chi connectivity index (χ4v) is 3.89. The average molecular weight is 492 g/mol. The maximum Gasteiger partial charge on any atom is 0.364 e. The molecule has 0 bridgehead atoms. The third-order valence-electron chi connectivity index (χ3n) is 6.14. The van der Waals surface area contributed by atoms with Crippen LogP contribution < -0.4 is 14.8 Å². The van der Waals surface area contributed by atoms with Gasteiger partial charge in [-0.05, 0) is 43.9 Å². The summed E-state index contributed by atoms with van der Waals surface area (Å²) in [6.07, 6.45) is 4.82. The molecule has 0 amide bonds. The summed E-state index contributed by atoms with van der Waals surface area (Å²) in [5.74, 6) is -3.19. The van der Waals surface area contributed by atoms with Gasteiger partial charge in [0, 0.05) is 25.3 Å². The van der Waals surface area contributed by atoms with Gasteiger partial charge in [-0.2, -0.15) is 0 Å². The van der Waals surface area contributed by atoms with Gasteiger partial charge in [-0.1, -0.05) is 46.1 Å². The summed E-state index contributed by atoms with van der Waals surface area (Å²) < 4.78 is 16.3. The molecule has 1 unspecified atom stereocenters. The highest BCUT2D eigenvalue weighted by molar-refractivity contribution is 5.83. The lowest BCUT2D eigenvalue weighted by atomic mass is 9.89. The van der Waals surface area contributed by atoms with Crippen molar-refractivity contribution in [1.82, 2.24) is 5.32 Å². The molecular weight excluding hydrogens is 454 g/mol. The molecule has 1 aromatic rings. The van der Waals surface area contributed by atoms with E-state index in [1.165, 1.54) is 12.1 Å². The average Bonchev–Trinajstić information content (AvgIpc) is 2.85. The number of nitrogens with one attached hydrogen (secondary N) is 1. The molecule has 0 radical (unpaired) electrons. The lowest BCUT2D eigenvalue weighted by Crippen LogP contribution is -2.60. The highest BCUT2D eigenvalue weighted by Crippen LogP contribution is 2.32. The van der Waals surface area contributed by atoms with Gasteiger partial charge in [0.15, 0.2) is 11.5 Å². The number of ether oxygens (including phenoxy) is 3. The zero-order chi connectivity index (χ0) is 26.0. The zero-order valence-electron chi connectivity index (χ0n) is 21.1. The van der Waals surface area contributed by atoms with E-state index >= 15 is 0 Å². The van der Waals surface area contributed by atoms with Crippen LogP contribution in [0, 0.1) is 5.92 Å². The fourth-order valence-electron chi connectivity index (χ4n) is 3.89. The molecule has 0 aromatic heterocycles. The topological polar surface area (TPSA) is 128 Å². The Bertz CT molecular complexity index is 909. The summed E-state index contributed by atoms with van der Waals surface area (Å²) in [5, 5.41) is 13.2. The first-order valence-electron chi connectivity index (χ1n) is 12.4. The van der Waals surface area contributed by atoms with Crippen LogP contribution in [0.25, 0.3) is 0 Å². The van der Waals surface area contributed by atoms with E-state index in [-0.39, 0.29) is 42.7 Å². The molecule has 1 aliphatic carbocycles. The lowest BCUT2D eigenvalue weighted by molar-refractivity contribution is -0.188. The van der Waals surface area contributed by atoms with Gasteiger partial charge in [-0.15, -0.1) is 0 Å². The van der Waals surface area contributed by atoms with Crippen LogP contribution >= 0.6 is 0 Å². The first-order chi connectivity index (χ1) is 16.6. The number of hydrogen-bond donors (Lipinski definition) is 2. The summed E-state index contributed by atoms with van der Waals surface area (Å²) in [6.45, 7) is 6.97. The Kier molecular flexibility index (Phi) is 10.7. The van der Waals surface area contributed by atoms with Gasteiger partial charge >= 0.3 is 23.9 Å². The van der Waals surface area contributed by atoms with E-state index in [1.807, 2.05) is 13.8 Å². The molecule has 0 spiro atoms. The van der Waals surface area contributed by atoms with E-state index < -0.39 is 29.6 Å². The minimum absolute atomic E-state index is 0.00224. The highest BCUT2D eigenvalue weighted by atomic mass is 16.6. The smallest absolute Gasteiger partial charge is 0.364 e. The Hall–Kier alpha value is -2.94. The summed E-state index contributed by atoms with van der Waals surface area (Å²) >= 11 is 0. The number of carboxylic acids is 1. The van der Waals surface area contributed by atoms with Crippen LogP contribution in [-0.4, -0.2) is 40.8 Å². The third-order valence-corrected chi connectivity index (χ3v) is 6.14. The molecule has 2 rings (SSSR count). The van der Waals surface area contributed by atoms with Crippen LogP contribution in [0.15, 0.2) is 18.2 Å². The van der Waals surface area contributed by atoms with Gasteiger partial charge in [0.1, 0.15) is 0 Å². The summed E-state index contributed by atoms with van der Waals surface area (Å²) in [5.41, 5.74) is -1.59. The van der Waals surface area contributed by atoms with Crippen LogP contribution in [0.1, 0.15) is 84.6 Å². The Morgan fingerprint density at radius 2 is 1.60 bits per heavy atom. The van der Waals surface area contributed by atoms with Crippen molar-refractivity contribution in [1.29, 1.82) is 0 Å². The summed E-state index contributed by atoms with van der Waals surface area (Å²) in [7, 11) is 0. The molecule has 1 aromatic carbocycles. The first-order valence-corrected chi connectivity index (χ1v) is 12.4. The molecule has 1 fully saturated rings. The molecule has 0 aliphatic heterocycles. The summed E-state index contributed by atoms with van der Waals surface area (Å²) in [6, 6.07) is 4.19. The normalized spacial score (nSPS) is 16.6. The SMILES string of the molecule is CCC(=O)Oc1ccc(C[C@](NC(C)CC)(OC(=O)C2CCCCC2)C(=O)O)cc1OC(=O)CC. The number of esters is 3. The largest absolute Gasteiger partial charge is 0.477 e. The minimum Gasteiger partial charge on any atom is -0.477 e. The van der Waals surface area contributed by atoms with Crippen molar-refractivity contribution < 1.29 is 38.5 Å². The molecule has 9 heteroatoms. The fraction of sp³-hybridized carbons (Fsp3) is 0.615. The monoisotopic (exact) mass is 491 g/mol. The maximum absolute atomic E-state index is 13.0. The third kappa shape index (κ3) is 8.06. The molecular formula is C26H37NO8. The standard InChI is InChI=1S/C26H37NO8/c1-5-17(4)27-26(25(31)32,35-24(30)19-11-9-8-10-12-19)16-18-13-14-20(33-22(28)6-2)21(15-18)34-23(29)7-3/h13-15,17,19,27H,5-12,16H2,1-4H3,(H,31,32)/t17?,26-/m0/s1. The van der Waals surface area contributed by atoms with Crippen LogP contribution in [0.3, 0.4) is 0 Å². The molecule has 194 valence electrons. The van der Waals surface area contributed by atoms with Crippen molar-refractivity contribution in [2.45, 2.75) is 97.2 Å². The van der Waals surface area contributed by atoms with Crippen LogP contribution in [0.5, 0.6) is 11.5 Å². The first kappa shape index (κ1) is 28.3. The van der Waals surface area contributed by atoms with Gasteiger partial charge in [0.05, 0.1) is 5.92 Å². The van der Waals surface area contributed by atoms with Gasteiger partial charge in [0.25, 0.3) is 5.72 Å². The molecule has 1 aliphatic rings. The van der Waals surface area contributed by atoms with Crippen LogP contribution in [-0.2, 0) is 30.3 Å². The number of carbonyl (C=O) groups is 4. The second kappa shape index (κ2) is 13.2. The van der Waals surface area contributed by atoms with Crippen LogP contribution in [0.2, 0.25) is 0 Å². The van der Waals surface area contributed by atoms with E-state index in [4.69, 9.17) is 14.2 Å².